The summed E-state index contributed by atoms with van der Waals surface area (Å²) < 4.78 is 5.98. The molecule has 1 fully saturated rings. The third-order valence-corrected chi connectivity index (χ3v) is 3.73. The predicted molar refractivity (Wildman–Crippen MR) is 76.0 cm³/mol. The molecule has 0 spiro atoms. The minimum atomic E-state index is 0.134. The molecule has 1 saturated carbocycles. The zero-order valence-corrected chi connectivity index (χ0v) is 11.8. The smallest absolute Gasteiger partial charge is 0.123 e. The molecule has 19 heavy (non-hydrogen) atoms. The number of rotatable bonds is 7. The number of nitriles is 1. The van der Waals surface area contributed by atoms with E-state index in [1.165, 1.54) is 11.1 Å². The standard InChI is InChI=1S/C16H22N2O/c1-3-18-11-14-10-13(2)4-5-15(14)19-12-16(6-7-16)8-9-17/h4-5,10,18H,3,6-8,11-12H2,1-2H3. The molecule has 1 aliphatic carbocycles. The first-order chi connectivity index (χ1) is 9.19. The molecule has 0 atom stereocenters. The van der Waals surface area contributed by atoms with Gasteiger partial charge in [0.05, 0.1) is 12.7 Å². The minimum absolute atomic E-state index is 0.134. The summed E-state index contributed by atoms with van der Waals surface area (Å²) in [6, 6.07) is 8.57. The van der Waals surface area contributed by atoms with Crippen molar-refractivity contribution < 1.29 is 4.74 Å². The van der Waals surface area contributed by atoms with Crippen LogP contribution in [0.1, 0.15) is 37.3 Å². The Labute approximate surface area is 115 Å². The van der Waals surface area contributed by atoms with Gasteiger partial charge in [-0.05, 0) is 32.4 Å². The van der Waals surface area contributed by atoms with Crippen molar-refractivity contribution in [1.82, 2.24) is 5.32 Å². The van der Waals surface area contributed by atoms with Gasteiger partial charge in [0.15, 0.2) is 0 Å². The lowest BCUT2D eigenvalue weighted by molar-refractivity contribution is 0.234. The Hall–Kier alpha value is -1.53. The monoisotopic (exact) mass is 258 g/mol. The van der Waals surface area contributed by atoms with Gasteiger partial charge < -0.3 is 10.1 Å². The molecule has 1 aliphatic rings. The van der Waals surface area contributed by atoms with Gasteiger partial charge in [-0.2, -0.15) is 5.26 Å². The van der Waals surface area contributed by atoms with Crippen LogP contribution in [0.3, 0.4) is 0 Å². The van der Waals surface area contributed by atoms with E-state index in [0.717, 1.165) is 31.7 Å². The molecule has 0 radical (unpaired) electrons. The van der Waals surface area contributed by atoms with Crippen LogP contribution in [0, 0.1) is 23.7 Å². The Morgan fingerprint density at radius 2 is 2.21 bits per heavy atom. The van der Waals surface area contributed by atoms with E-state index in [-0.39, 0.29) is 5.41 Å². The highest BCUT2D eigenvalue weighted by atomic mass is 16.5. The Kier molecular flexibility index (Phi) is 4.44. The first kappa shape index (κ1) is 13.9. The second kappa shape index (κ2) is 6.08. The SMILES string of the molecule is CCNCc1cc(C)ccc1OCC1(CC#N)CC1. The molecular weight excluding hydrogens is 236 g/mol. The van der Waals surface area contributed by atoms with Crippen molar-refractivity contribution in [2.24, 2.45) is 5.41 Å². The quantitative estimate of drug-likeness (QED) is 0.817. The fourth-order valence-corrected chi connectivity index (χ4v) is 2.19. The first-order valence-corrected chi connectivity index (χ1v) is 6.99. The molecule has 0 aliphatic heterocycles. The van der Waals surface area contributed by atoms with Gasteiger partial charge in [-0.15, -0.1) is 0 Å². The topological polar surface area (TPSA) is 45.0 Å². The fraction of sp³-hybridized carbons (Fsp3) is 0.562. The van der Waals surface area contributed by atoms with Crippen LogP contribution in [0.5, 0.6) is 5.75 Å². The second-order valence-corrected chi connectivity index (χ2v) is 5.52. The number of hydrogen-bond donors (Lipinski definition) is 1. The lowest BCUT2D eigenvalue weighted by Gasteiger charge is -2.16. The Balaban J connectivity index is 2.01. The highest BCUT2D eigenvalue weighted by Gasteiger charge is 2.43. The van der Waals surface area contributed by atoms with E-state index >= 15 is 0 Å². The van der Waals surface area contributed by atoms with Gasteiger partial charge in [-0.25, -0.2) is 0 Å². The van der Waals surface area contributed by atoms with E-state index < -0.39 is 0 Å². The summed E-state index contributed by atoms with van der Waals surface area (Å²) in [4.78, 5) is 0. The summed E-state index contributed by atoms with van der Waals surface area (Å²) in [5.41, 5.74) is 2.59. The van der Waals surface area contributed by atoms with E-state index in [4.69, 9.17) is 10.00 Å². The van der Waals surface area contributed by atoms with Gasteiger partial charge in [-0.1, -0.05) is 24.6 Å². The van der Waals surface area contributed by atoms with Crippen LogP contribution in [-0.4, -0.2) is 13.2 Å². The van der Waals surface area contributed by atoms with Gasteiger partial charge in [0.25, 0.3) is 0 Å². The van der Waals surface area contributed by atoms with Crippen molar-refractivity contribution in [3.63, 3.8) is 0 Å². The number of hydrogen-bond acceptors (Lipinski definition) is 3. The largest absolute Gasteiger partial charge is 0.493 e. The van der Waals surface area contributed by atoms with E-state index in [2.05, 4.69) is 37.4 Å². The molecule has 3 heteroatoms. The van der Waals surface area contributed by atoms with Crippen LogP contribution in [0.15, 0.2) is 18.2 Å². The first-order valence-electron chi connectivity index (χ1n) is 6.99. The van der Waals surface area contributed by atoms with Crippen molar-refractivity contribution in [2.75, 3.05) is 13.2 Å². The van der Waals surface area contributed by atoms with Gasteiger partial charge in [0.2, 0.25) is 0 Å². The third kappa shape index (κ3) is 3.71. The van der Waals surface area contributed by atoms with E-state index in [1.807, 2.05) is 6.07 Å². The molecular formula is C16H22N2O. The summed E-state index contributed by atoms with van der Waals surface area (Å²) in [6.07, 6.45) is 2.85. The van der Waals surface area contributed by atoms with Crippen LogP contribution < -0.4 is 10.1 Å². The minimum Gasteiger partial charge on any atom is -0.493 e. The number of nitrogens with one attached hydrogen (secondary N) is 1. The molecule has 102 valence electrons. The molecule has 1 aromatic rings. The maximum atomic E-state index is 8.83. The molecule has 1 N–H and O–H groups in total. The zero-order valence-electron chi connectivity index (χ0n) is 11.8. The zero-order chi connectivity index (χ0) is 13.7. The van der Waals surface area contributed by atoms with Gasteiger partial charge >= 0.3 is 0 Å². The Bertz CT molecular complexity index is 472. The molecule has 0 unspecified atom stereocenters. The highest BCUT2D eigenvalue weighted by Crippen LogP contribution is 2.48. The van der Waals surface area contributed by atoms with Crippen LogP contribution >= 0.6 is 0 Å². The van der Waals surface area contributed by atoms with Crippen molar-refractivity contribution in [3.05, 3.63) is 29.3 Å². The van der Waals surface area contributed by atoms with Gasteiger partial charge in [-0.3, -0.25) is 0 Å². The third-order valence-electron chi connectivity index (χ3n) is 3.73. The Morgan fingerprint density at radius 1 is 1.42 bits per heavy atom. The molecule has 0 saturated heterocycles. The van der Waals surface area contributed by atoms with Gasteiger partial charge in [0, 0.05) is 23.9 Å². The molecule has 0 aromatic heterocycles. The fourth-order valence-electron chi connectivity index (χ4n) is 2.19. The van der Waals surface area contributed by atoms with Crippen molar-refractivity contribution in [2.45, 2.75) is 39.7 Å². The summed E-state index contributed by atoms with van der Waals surface area (Å²) in [5.74, 6) is 0.954. The summed E-state index contributed by atoms with van der Waals surface area (Å²) >= 11 is 0. The van der Waals surface area contributed by atoms with E-state index in [9.17, 15) is 0 Å². The molecule has 3 nitrogen and oxygen atoms in total. The average Bonchev–Trinajstić information content (AvgIpc) is 3.16. The lowest BCUT2D eigenvalue weighted by Crippen LogP contribution is -2.16. The van der Waals surface area contributed by atoms with E-state index in [0.29, 0.717) is 13.0 Å². The molecule has 0 bridgehead atoms. The van der Waals surface area contributed by atoms with Crippen molar-refractivity contribution in [3.8, 4) is 11.8 Å². The highest BCUT2D eigenvalue weighted by molar-refractivity contribution is 5.37. The van der Waals surface area contributed by atoms with Crippen molar-refractivity contribution >= 4 is 0 Å². The normalized spacial score (nSPS) is 15.8. The lowest BCUT2D eigenvalue weighted by atomic mass is 10.1. The van der Waals surface area contributed by atoms with Gasteiger partial charge in [0.1, 0.15) is 5.75 Å². The Morgan fingerprint density at radius 3 is 2.84 bits per heavy atom. The van der Waals surface area contributed by atoms with Crippen molar-refractivity contribution in [1.29, 1.82) is 5.26 Å². The van der Waals surface area contributed by atoms with E-state index in [1.54, 1.807) is 0 Å². The van der Waals surface area contributed by atoms with Crippen LogP contribution in [0.25, 0.3) is 0 Å². The summed E-state index contributed by atoms with van der Waals surface area (Å²) in [7, 11) is 0. The van der Waals surface area contributed by atoms with Crippen LogP contribution in [0.4, 0.5) is 0 Å². The number of aryl methyl sites for hydroxylation is 1. The van der Waals surface area contributed by atoms with Crippen LogP contribution in [0.2, 0.25) is 0 Å². The molecule has 0 amide bonds. The maximum Gasteiger partial charge on any atom is 0.123 e. The molecule has 0 heterocycles. The maximum absolute atomic E-state index is 8.83. The predicted octanol–water partition coefficient (Wildman–Crippen LogP) is 3.18. The number of ether oxygens (including phenoxy) is 1. The number of nitrogens with zero attached hydrogens (tertiary/aromatic N) is 1. The van der Waals surface area contributed by atoms with Crippen LogP contribution in [-0.2, 0) is 6.54 Å². The second-order valence-electron chi connectivity index (χ2n) is 5.52. The molecule has 2 rings (SSSR count). The summed E-state index contributed by atoms with van der Waals surface area (Å²) in [6.45, 7) is 6.65. The summed E-state index contributed by atoms with van der Waals surface area (Å²) in [5, 5.41) is 12.2. The number of benzene rings is 1. The average molecular weight is 258 g/mol. The molecule has 1 aromatic carbocycles.